The Morgan fingerprint density at radius 2 is 2.33 bits per heavy atom. The first-order valence-corrected chi connectivity index (χ1v) is 6.51. The van der Waals surface area contributed by atoms with Crippen LogP contribution in [0.2, 0.25) is 0 Å². The van der Waals surface area contributed by atoms with Gasteiger partial charge in [-0.05, 0) is 24.6 Å². The first-order chi connectivity index (χ1) is 10.2. The molecule has 0 spiro atoms. The molecule has 0 atom stereocenters. The van der Waals surface area contributed by atoms with E-state index in [0.29, 0.717) is 24.2 Å². The third kappa shape index (κ3) is 4.44. The van der Waals surface area contributed by atoms with Crippen LogP contribution in [0.1, 0.15) is 17.5 Å². The van der Waals surface area contributed by atoms with Crippen molar-refractivity contribution < 1.29 is 9.90 Å². The molecule has 2 rings (SSSR count). The summed E-state index contributed by atoms with van der Waals surface area (Å²) in [6, 6.07) is 5.59. The van der Waals surface area contributed by atoms with E-state index in [-0.39, 0.29) is 12.5 Å². The highest BCUT2D eigenvalue weighted by Gasteiger charge is 2.07. The van der Waals surface area contributed by atoms with Crippen molar-refractivity contribution in [3.8, 4) is 11.8 Å². The van der Waals surface area contributed by atoms with Gasteiger partial charge >= 0.3 is 0 Å². The largest absolute Gasteiger partial charge is 0.384 e. The SMILES string of the molecule is Cc1ccc(C#CCO)c(NC(=O)CCn2cncn2)c1. The standard InChI is InChI=1S/C15H16N4O2/c1-12-4-5-13(3-2-8-20)14(9-12)18-15(21)6-7-19-11-16-10-17-19/h4-5,9-11,20H,6-8H2,1H3,(H,18,21). The molecule has 1 heterocycles. The average molecular weight is 284 g/mol. The molecular formula is C15H16N4O2. The van der Waals surface area contributed by atoms with Crippen LogP contribution < -0.4 is 5.32 Å². The fourth-order valence-electron chi connectivity index (χ4n) is 1.78. The van der Waals surface area contributed by atoms with Crippen LogP contribution in [-0.2, 0) is 11.3 Å². The topological polar surface area (TPSA) is 80.0 Å². The number of aryl methyl sites for hydroxylation is 2. The van der Waals surface area contributed by atoms with Crippen LogP contribution in [0.25, 0.3) is 0 Å². The Bertz CT molecular complexity index is 669. The molecule has 0 fully saturated rings. The summed E-state index contributed by atoms with van der Waals surface area (Å²) in [7, 11) is 0. The van der Waals surface area contributed by atoms with Gasteiger partial charge in [-0.15, -0.1) is 0 Å². The highest BCUT2D eigenvalue weighted by molar-refractivity contribution is 5.92. The van der Waals surface area contributed by atoms with Crippen molar-refractivity contribution in [1.82, 2.24) is 14.8 Å². The maximum absolute atomic E-state index is 12.0. The Kier molecular flexibility index (Phi) is 5.07. The quantitative estimate of drug-likeness (QED) is 0.820. The molecule has 0 aliphatic heterocycles. The molecule has 1 aromatic heterocycles. The average Bonchev–Trinajstić information content (AvgIpc) is 2.98. The predicted molar refractivity (Wildman–Crippen MR) is 78.4 cm³/mol. The fraction of sp³-hybridized carbons (Fsp3) is 0.267. The molecular weight excluding hydrogens is 268 g/mol. The van der Waals surface area contributed by atoms with Crippen LogP contribution in [0.3, 0.4) is 0 Å². The van der Waals surface area contributed by atoms with Crippen LogP contribution in [0.15, 0.2) is 30.9 Å². The molecule has 1 aromatic carbocycles. The number of nitrogens with one attached hydrogen (secondary N) is 1. The maximum Gasteiger partial charge on any atom is 0.226 e. The summed E-state index contributed by atoms with van der Waals surface area (Å²) in [5, 5.41) is 15.5. The van der Waals surface area contributed by atoms with Crippen molar-refractivity contribution in [3.05, 3.63) is 42.0 Å². The number of nitrogens with zero attached hydrogens (tertiary/aromatic N) is 3. The number of aromatic nitrogens is 3. The Morgan fingerprint density at radius 3 is 3.05 bits per heavy atom. The summed E-state index contributed by atoms with van der Waals surface area (Å²) in [5.74, 6) is 5.28. The molecule has 2 N–H and O–H groups in total. The minimum absolute atomic E-state index is 0.122. The molecule has 108 valence electrons. The number of aliphatic hydroxyl groups is 1. The summed E-state index contributed by atoms with van der Waals surface area (Å²) in [6.07, 6.45) is 3.29. The lowest BCUT2D eigenvalue weighted by Gasteiger charge is -2.08. The first kappa shape index (κ1) is 14.8. The molecule has 0 bridgehead atoms. The molecule has 0 saturated carbocycles. The van der Waals surface area contributed by atoms with E-state index in [9.17, 15) is 4.79 Å². The van der Waals surface area contributed by atoms with Crippen molar-refractivity contribution in [2.24, 2.45) is 0 Å². The lowest BCUT2D eigenvalue weighted by Crippen LogP contribution is -2.15. The molecule has 2 aromatic rings. The van der Waals surface area contributed by atoms with Crippen molar-refractivity contribution in [2.45, 2.75) is 19.9 Å². The van der Waals surface area contributed by atoms with E-state index in [1.54, 1.807) is 11.0 Å². The second-order valence-corrected chi connectivity index (χ2v) is 4.47. The number of carbonyl (C=O) groups is 1. The second kappa shape index (κ2) is 7.22. The summed E-state index contributed by atoms with van der Waals surface area (Å²) < 4.78 is 1.60. The highest BCUT2D eigenvalue weighted by atomic mass is 16.2. The second-order valence-electron chi connectivity index (χ2n) is 4.47. The Hall–Kier alpha value is -2.65. The van der Waals surface area contributed by atoms with E-state index in [2.05, 4.69) is 27.2 Å². The van der Waals surface area contributed by atoms with Crippen LogP contribution in [0, 0.1) is 18.8 Å². The van der Waals surface area contributed by atoms with Gasteiger partial charge in [0, 0.05) is 12.0 Å². The number of hydrogen-bond acceptors (Lipinski definition) is 4. The minimum atomic E-state index is -0.215. The maximum atomic E-state index is 12.0. The monoisotopic (exact) mass is 284 g/mol. The summed E-state index contributed by atoms with van der Waals surface area (Å²) >= 11 is 0. The third-order valence-electron chi connectivity index (χ3n) is 2.79. The van der Waals surface area contributed by atoms with Crippen molar-refractivity contribution in [3.63, 3.8) is 0 Å². The molecule has 0 unspecified atom stereocenters. The van der Waals surface area contributed by atoms with Crippen molar-refractivity contribution >= 4 is 11.6 Å². The van der Waals surface area contributed by atoms with E-state index in [4.69, 9.17) is 5.11 Å². The molecule has 21 heavy (non-hydrogen) atoms. The van der Waals surface area contributed by atoms with Gasteiger partial charge < -0.3 is 10.4 Å². The van der Waals surface area contributed by atoms with E-state index in [1.807, 2.05) is 25.1 Å². The zero-order valence-electron chi connectivity index (χ0n) is 11.7. The van der Waals surface area contributed by atoms with E-state index >= 15 is 0 Å². The first-order valence-electron chi connectivity index (χ1n) is 6.51. The number of amides is 1. The van der Waals surface area contributed by atoms with Crippen LogP contribution in [0.4, 0.5) is 5.69 Å². The number of hydrogen-bond donors (Lipinski definition) is 2. The van der Waals surface area contributed by atoms with E-state index < -0.39 is 0 Å². The van der Waals surface area contributed by atoms with Gasteiger partial charge in [0.05, 0.1) is 12.2 Å². The predicted octanol–water partition coefficient (Wildman–Crippen LogP) is 0.959. The lowest BCUT2D eigenvalue weighted by atomic mass is 10.1. The Balaban J connectivity index is 2.03. The fourth-order valence-corrected chi connectivity index (χ4v) is 1.78. The van der Waals surface area contributed by atoms with Crippen LogP contribution >= 0.6 is 0 Å². The number of rotatable bonds is 4. The van der Waals surface area contributed by atoms with Gasteiger partial charge in [0.15, 0.2) is 0 Å². The molecule has 1 amide bonds. The zero-order chi connectivity index (χ0) is 15.1. The van der Waals surface area contributed by atoms with Gasteiger partial charge in [0.1, 0.15) is 19.3 Å². The third-order valence-corrected chi connectivity index (χ3v) is 2.79. The van der Waals surface area contributed by atoms with Crippen LogP contribution in [0.5, 0.6) is 0 Å². The number of benzene rings is 1. The molecule has 0 saturated heterocycles. The number of carbonyl (C=O) groups excluding carboxylic acids is 1. The summed E-state index contributed by atoms with van der Waals surface area (Å²) in [6.45, 7) is 2.19. The molecule has 0 aliphatic carbocycles. The van der Waals surface area contributed by atoms with Gasteiger partial charge in [-0.2, -0.15) is 5.10 Å². The molecule has 0 radical (unpaired) electrons. The van der Waals surface area contributed by atoms with Gasteiger partial charge in [0.25, 0.3) is 0 Å². The van der Waals surface area contributed by atoms with Crippen molar-refractivity contribution in [1.29, 1.82) is 0 Å². The Labute approximate surface area is 122 Å². The summed E-state index contributed by atoms with van der Waals surface area (Å²) in [4.78, 5) is 15.8. The van der Waals surface area contributed by atoms with E-state index in [1.165, 1.54) is 6.33 Å². The molecule has 0 aliphatic rings. The zero-order valence-corrected chi connectivity index (χ0v) is 11.7. The minimum Gasteiger partial charge on any atom is -0.384 e. The van der Waals surface area contributed by atoms with Crippen LogP contribution in [-0.4, -0.2) is 32.4 Å². The van der Waals surface area contributed by atoms with Gasteiger partial charge in [-0.3, -0.25) is 9.48 Å². The Morgan fingerprint density at radius 1 is 1.48 bits per heavy atom. The van der Waals surface area contributed by atoms with Gasteiger partial charge in [-0.25, -0.2) is 4.98 Å². The normalized spacial score (nSPS) is 9.81. The number of aliphatic hydroxyl groups excluding tert-OH is 1. The lowest BCUT2D eigenvalue weighted by molar-refractivity contribution is -0.116. The van der Waals surface area contributed by atoms with E-state index in [0.717, 1.165) is 5.56 Å². The van der Waals surface area contributed by atoms with Gasteiger partial charge in [0.2, 0.25) is 5.91 Å². The van der Waals surface area contributed by atoms with Gasteiger partial charge in [-0.1, -0.05) is 17.9 Å². The van der Waals surface area contributed by atoms with Crippen molar-refractivity contribution in [2.75, 3.05) is 11.9 Å². The molecule has 6 nitrogen and oxygen atoms in total. The molecule has 6 heteroatoms. The highest BCUT2D eigenvalue weighted by Crippen LogP contribution is 2.17. The summed E-state index contributed by atoms with van der Waals surface area (Å²) in [5.41, 5.74) is 2.36. The number of anilines is 1. The smallest absolute Gasteiger partial charge is 0.226 e.